The Labute approximate surface area is 169 Å². The van der Waals surface area contributed by atoms with Crippen LogP contribution in [0.3, 0.4) is 0 Å². The zero-order valence-electron chi connectivity index (χ0n) is 17.2. The molecule has 1 aromatic heterocycles. The summed E-state index contributed by atoms with van der Waals surface area (Å²) in [6.07, 6.45) is 1.14. The van der Waals surface area contributed by atoms with E-state index >= 15 is 0 Å². The van der Waals surface area contributed by atoms with E-state index in [1.54, 1.807) is 32.0 Å². The number of hydrogen-bond donors (Lipinski definition) is 2. The highest BCUT2D eigenvalue weighted by molar-refractivity contribution is 5.90. The van der Waals surface area contributed by atoms with Crippen molar-refractivity contribution in [3.8, 4) is 11.4 Å². The molecule has 4 rings (SSSR count). The first-order valence-corrected chi connectivity index (χ1v) is 9.99. The number of aromatic nitrogens is 1. The van der Waals surface area contributed by atoms with E-state index in [2.05, 4.69) is 18.4 Å². The topological polar surface area (TPSA) is 62.5 Å². The monoisotopic (exact) mass is 395 g/mol. The minimum atomic E-state index is -0.763. The van der Waals surface area contributed by atoms with Gasteiger partial charge in [0, 0.05) is 16.8 Å². The third kappa shape index (κ3) is 3.00. The lowest BCUT2D eigenvalue weighted by molar-refractivity contribution is -0.154. The molecule has 1 aliphatic carbocycles. The van der Waals surface area contributed by atoms with Gasteiger partial charge in [0.1, 0.15) is 11.6 Å². The number of carboxylic acid groups (broad SMARTS) is 1. The number of aromatic hydroxyl groups is 1. The van der Waals surface area contributed by atoms with Gasteiger partial charge in [0.2, 0.25) is 0 Å². The minimum Gasteiger partial charge on any atom is -0.508 e. The minimum absolute atomic E-state index is 0.112. The normalized spacial score (nSPS) is 21.5. The Hall–Kier alpha value is -2.82. The molecule has 0 atom stereocenters. The van der Waals surface area contributed by atoms with Crippen molar-refractivity contribution < 1.29 is 19.4 Å². The number of aliphatic carboxylic acids is 1. The van der Waals surface area contributed by atoms with Crippen molar-refractivity contribution in [2.75, 3.05) is 0 Å². The molecule has 152 valence electrons. The molecule has 29 heavy (non-hydrogen) atoms. The zero-order chi connectivity index (χ0) is 21.1. The van der Waals surface area contributed by atoms with Gasteiger partial charge in [-0.3, -0.25) is 4.79 Å². The number of phenols is 1. The Bertz CT molecular complexity index is 1120. The summed E-state index contributed by atoms with van der Waals surface area (Å²) < 4.78 is 16.0. The van der Waals surface area contributed by atoms with Crippen molar-refractivity contribution in [1.29, 1.82) is 0 Å². The average Bonchev–Trinajstić information content (AvgIpc) is 2.95. The van der Waals surface area contributed by atoms with E-state index in [9.17, 15) is 19.4 Å². The molecule has 0 unspecified atom stereocenters. The number of benzene rings is 2. The highest BCUT2D eigenvalue weighted by Crippen LogP contribution is 2.55. The summed E-state index contributed by atoms with van der Waals surface area (Å²) in [6, 6.07) is 10.4. The van der Waals surface area contributed by atoms with Gasteiger partial charge in [0.25, 0.3) is 0 Å². The molecular weight excluding hydrogens is 369 g/mol. The number of aryl methyl sites for hydroxylation is 1. The molecule has 0 spiro atoms. The second kappa shape index (κ2) is 6.61. The van der Waals surface area contributed by atoms with Crippen LogP contribution in [0.25, 0.3) is 16.6 Å². The van der Waals surface area contributed by atoms with Gasteiger partial charge in [-0.05, 0) is 86.1 Å². The number of carbonyl (C=O) groups is 1. The van der Waals surface area contributed by atoms with Crippen molar-refractivity contribution >= 4 is 16.9 Å². The Morgan fingerprint density at radius 1 is 1.21 bits per heavy atom. The summed E-state index contributed by atoms with van der Waals surface area (Å²) in [5.41, 5.74) is 3.87. The Morgan fingerprint density at radius 3 is 2.48 bits per heavy atom. The number of phenolic OH excluding ortho intramolecular Hbond substituents is 1. The molecule has 2 N–H and O–H groups in total. The van der Waals surface area contributed by atoms with Crippen molar-refractivity contribution in [1.82, 2.24) is 4.57 Å². The number of hydrogen-bond acceptors (Lipinski definition) is 2. The molecule has 1 saturated carbocycles. The lowest BCUT2D eigenvalue weighted by Crippen LogP contribution is -2.40. The molecule has 0 bridgehead atoms. The second-order valence-electron chi connectivity index (χ2n) is 8.89. The number of rotatable bonds is 4. The summed E-state index contributed by atoms with van der Waals surface area (Å²) in [4.78, 5) is 11.6. The van der Waals surface area contributed by atoms with Gasteiger partial charge in [0.15, 0.2) is 0 Å². The fraction of sp³-hybridized carbons (Fsp3) is 0.375. The highest BCUT2D eigenvalue weighted by Gasteiger charge is 2.48. The molecular formula is C24H26FNO3. The Balaban J connectivity index is 1.98. The third-order valence-corrected chi connectivity index (χ3v) is 6.29. The van der Waals surface area contributed by atoms with E-state index in [1.807, 2.05) is 12.1 Å². The molecule has 0 amide bonds. The van der Waals surface area contributed by atoms with Crippen LogP contribution in [0.2, 0.25) is 0 Å². The van der Waals surface area contributed by atoms with Gasteiger partial charge in [-0.15, -0.1) is 0 Å². The maximum absolute atomic E-state index is 13.9. The van der Waals surface area contributed by atoms with Gasteiger partial charge >= 0.3 is 5.97 Å². The van der Waals surface area contributed by atoms with Gasteiger partial charge in [-0.25, -0.2) is 4.39 Å². The lowest BCUT2D eigenvalue weighted by atomic mass is 9.60. The fourth-order valence-corrected chi connectivity index (χ4v) is 4.77. The standard InChI is InChI=1S/C24H26FNO3/c1-13(2)22-21(15-11-24(4,12-15)23(28)29)18-10-17(27)6-8-20(18)26(22)16-5-7-19(25)14(3)9-16/h5-10,13,15,27H,11-12H2,1-4H3,(H,28,29)/t15-,24-. The van der Waals surface area contributed by atoms with Crippen LogP contribution >= 0.6 is 0 Å². The van der Waals surface area contributed by atoms with E-state index in [4.69, 9.17) is 0 Å². The summed E-state index contributed by atoms with van der Waals surface area (Å²) in [5, 5.41) is 20.6. The van der Waals surface area contributed by atoms with E-state index < -0.39 is 11.4 Å². The largest absolute Gasteiger partial charge is 0.508 e. The molecule has 1 heterocycles. The van der Waals surface area contributed by atoms with E-state index in [0.717, 1.165) is 27.8 Å². The van der Waals surface area contributed by atoms with E-state index in [0.29, 0.717) is 18.4 Å². The summed E-state index contributed by atoms with van der Waals surface area (Å²) in [5.74, 6) is -0.546. The van der Waals surface area contributed by atoms with E-state index in [-0.39, 0.29) is 23.4 Å². The van der Waals surface area contributed by atoms with Crippen molar-refractivity contribution in [3.63, 3.8) is 0 Å². The predicted molar refractivity (Wildman–Crippen MR) is 111 cm³/mol. The average molecular weight is 395 g/mol. The van der Waals surface area contributed by atoms with E-state index in [1.165, 1.54) is 6.07 Å². The van der Waals surface area contributed by atoms with Crippen molar-refractivity contribution in [2.24, 2.45) is 5.41 Å². The highest BCUT2D eigenvalue weighted by atomic mass is 19.1. The van der Waals surface area contributed by atoms with Gasteiger partial charge < -0.3 is 14.8 Å². The molecule has 0 saturated heterocycles. The zero-order valence-corrected chi connectivity index (χ0v) is 17.2. The first kappa shape index (κ1) is 19.5. The van der Waals surface area contributed by atoms with Crippen molar-refractivity contribution in [2.45, 2.75) is 52.4 Å². The summed E-state index contributed by atoms with van der Waals surface area (Å²) in [7, 11) is 0. The Morgan fingerprint density at radius 2 is 1.90 bits per heavy atom. The molecule has 0 radical (unpaired) electrons. The van der Waals surface area contributed by atoms with Crippen LogP contribution < -0.4 is 0 Å². The van der Waals surface area contributed by atoms with Crippen LogP contribution in [0.5, 0.6) is 5.75 Å². The number of carboxylic acids is 1. The lowest BCUT2D eigenvalue weighted by Gasteiger charge is -2.42. The predicted octanol–water partition coefficient (Wildman–Crippen LogP) is 5.88. The molecule has 0 aliphatic heterocycles. The molecule has 1 fully saturated rings. The van der Waals surface area contributed by atoms with Gasteiger partial charge in [0.05, 0.1) is 10.9 Å². The third-order valence-electron chi connectivity index (χ3n) is 6.29. The molecule has 2 aromatic carbocycles. The van der Waals surface area contributed by atoms with Gasteiger partial charge in [-0.1, -0.05) is 13.8 Å². The van der Waals surface area contributed by atoms with Crippen LogP contribution in [-0.4, -0.2) is 20.7 Å². The first-order valence-electron chi connectivity index (χ1n) is 9.99. The van der Waals surface area contributed by atoms with Crippen molar-refractivity contribution in [3.05, 3.63) is 59.0 Å². The molecule has 5 heteroatoms. The Kier molecular flexibility index (Phi) is 4.45. The molecule has 1 aliphatic rings. The fourth-order valence-electron chi connectivity index (χ4n) is 4.77. The van der Waals surface area contributed by atoms with Crippen LogP contribution in [0.1, 0.15) is 62.3 Å². The molecule has 3 aromatic rings. The van der Waals surface area contributed by atoms with Crippen LogP contribution in [0, 0.1) is 18.2 Å². The summed E-state index contributed by atoms with van der Waals surface area (Å²) >= 11 is 0. The number of fused-ring (bicyclic) bond motifs is 1. The van der Waals surface area contributed by atoms with Gasteiger partial charge in [-0.2, -0.15) is 0 Å². The number of halogens is 1. The maximum atomic E-state index is 13.9. The first-order chi connectivity index (χ1) is 13.6. The van der Waals surface area contributed by atoms with Crippen LogP contribution in [-0.2, 0) is 4.79 Å². The van der Waals surface area contributed by atoms with Crippen LogP contribution in [0.4, 0.5) is 4.39 Å². The second-order valence-corrected chi connectivity index (χ2v) is 8.89. The smallest absolute Gasteiger partial charge is 0.309 e. The maximum Gasteiger partial charge on any atom is 0.309 e. The quantitative estimate of drug-likeness (QED) is 0.580. The number of nitrogens with zero attached hydrogens (tertiary/aromatic N) is 1. The summed E-state index contributed by atoms with van der Waals surface area (Å²) in [6.45, 7) is 7.76. The molecule has 4 nitrogen and oxygen atoms in total. The SMILES string of the molecule is Cc1cc(-n2c(C(C)C)c([C@H]3C[C@](C)(C(=O)O)C3)c3cc(O)ccc32)ccc1F. The van der Waals surface area contributed by atoms with Crippen LogP contribution in [0.15, 0.2) is 36.4 Å².